The summed E-state index contributed by atoms with van der Waals surface area (Å²) < 4.78 is 6.31. The molecule has 1 heterocycles. The highest BCUT2D eigenvalue weighted by Gasteiger charge is 2.74. The summed E-state index contributed by atoms with van der Waals surface area (Å²) in [6.07, 6.45) is 23.8. The molecule has 0 bridgehead atoms. The molecule has 3 heteroatoms. The zero-order chi connectivity index (χ0) is 32.1. The Balaban J connectivity index is 1.31. The van der Waals surface area contributed by atoms with Crippen molar-refractivity contribution in [3.63, 3.8) is 0 Å². The van der Waals surface area contributed by atoms with Gasteiger partial charge in [0.15, 0.2) is 0 Å². The van der Waals surface area contributed by atoms with Crippen molar-refractivity contribution in [1.82, 2.24) is 0 Å². The number of hydrogen-bond acceptors (Lipinski definition) is 3. The van der Waals surface area contributed by atoms with Gasteiger partial charge in [-0.3, -0.25) is 0 Å². The SMILES string of the molecule is CC1=C(C#CC(C)/C=C/CC(C)CC/C=C/C(C)CCCC(C)/C=C/[C@@]23O[C@]2(C)C[C@@H](O)CC3(C)C)C(C)(C)C[C@H](O)C1. The Bertz CT molecular complexity index is 1110. The van der Waals surface area contributed by atoms with E-state index in [2.05, 4.69) is 118 Å². The van der Waals surface area contributed by atoms with Gasteiger partial charge in [0.2, 0.25) is 0 Å². The van der Waals surface area contributed by atoms with Crippen molar-refractivity contribution in [2.24, 2.45) is 34.5 Å². The van der Waals surface area contributed by atoms with E-state index >= 15 is 0 Å². The monoisotopic (exact) mass is 592 g/mol. The summed E-state index contributed by atoms with van der Waals surface area (Å²) >= 11 is 0. The minimum absolute atomic E-state index is 0.0360. The maximum absolute atomic E-state index is 10.3. The predicted octanol–water partition coefficient (Wildman–Crippen LogP) is 9.75. The van der Waals surface area contributed by atoms with E-state index in [1.165, 1.54) is 36.8 Å². The molecule has 2 aliphatic carbocycles. The van der Waals surface area contributed by atoms with Crippen LogP contribution in [-0.2, 0) is 4.74 Å². The second-order valence-corrected chi connectivity index (χ2v) is 16.2. The molecule has 1 saturated heterocycles. The van der Waals surface area contributed by atoms with Crippen molar-refractivity contribution in [3.8, 4) is 11.8 Å². The molecule has 242 valence electrons. The molecule has 8 atom stereocenters. The van der Waals surface area contributed by atoms with Crippen LogP contribution in [0.15, 0.2) is 47.6 Å². The molecule has 1 aliphatic heterocycles. The first-order valence-corrected chi connectivity index (χ1v) is 17.3. The summed E-state index contributed by atoms with van der Waals surface area (Å²) in [5.74, 6) is 8.97. The van der Waals surface area contributed by atoms with E-state index in [1.54, 1.807) is 0 Å². The van der Waals surface area contributed by atoms with Crippen LogP contribution >= 0.6 is 0 Å². The molecule has 0 aromatic rings. The highest BCUT2D eigenvalue weighted by atomic mass is 16.6. The van der Waals surface area contributed by atoms with Crippen LogP contribution in [0.3, 0.4) is 0 Å². The van der Waals surface area contributed by atoms with Gasteiger partial charge in [0.25, 0.3) is 0 Å². The van der Waals surface area contributed by atoms with Gasteiger partial charge in [-0.2, -0.15) is 0 Å². The van der Waals surface area contributed by atoms with Crippen molar-refractivity contribution in [1.29, 1.82) is 0 Å². The topological polar surface area (TPSA) is 53.0 Å². The van der Waals surface area contributed by atoms with Crippen LogP contribution in [0, 0.1) is 46.3 Å². The molecule has 0 spiro atoms. The number of ether oxygens (including phenoxy) is 1. The zero-order valence-corrected chi connectivity index (χ0v) is 29.3. The molecule has 43 heavy (non-hydrogen) atoms. The van der Waals surface area contributed by atoms with Crippen LogP contribution in [0.1, 0.15) is 133 Å². The van der Waals surface area contributed by atoms with Gasteiger partial charge in [-0.05, 0) is 89.9 Å². The number of hydrogen-bond donors (Lipinski definition) is 2. The van der Waals surface area contributed by atoms with Gasteiger partial charge in [-0.15, -0.1) is 0 Å². The molecule has 0 amide bonds. The number of aliphatic hydroxyl groups excluding tert-OH is 2. The smallest absolute Gasteiger partial charge is 0.121 e. The standard InChI is InChI=1S/C40H64O3/c1-29(17-13-19-31(3)21-22-36-33(5)25-34(41)26-37(36,6)7)15-11-12-16-30(2)18-14-20-32(4)23-24-40-38(8,9)27-35(42)28-39(40,10)43-40/h12-13,16,19,23-24,29-32,34-35,41-42H,11,14-15,17-18,20,25-28H2,1-10H3/b16-12+,19-13+,24-23+/t29?,30?,31?,32?,34-,35+,39-,40+/m1/s1. The van der Waals surface area contributed by atoms with Gasteiger partial charge >= 0.3 is 0 Å². The average Bonchev–Trinajstić information content (AvgIpc) is 3.49. The van der Waals surface area contributed by atoms with Crippen LogP contribution in [0.4, 0.5) is 0 Å². The van der Waals surface area contributed by atoms with Crippen molar-refractivity contribution < 1.29 is 14.9 Å². The van der Waals surface area contributed by atoms with Crippen LogP contribution in [0.2, 0.25) is 0 Å². The second kappa shape index (κ2) is 14.7. The first-order chi connectivity index (χ1) is 20.0. The van der Waals surface area contributed by atoms with Gasteiger partial charge in [-0.1, -0.05) is 109 Å². The summed E-state index contributed by atoms with van der Waals surface area (Å²) in [7, 11) is 0. The fraction of sp³-hybridized carbons (Fsp3) is 0.750. The van der Waals surface area contributed by atoms with Gasteiger partial charge < -0.3 is 14.9 Å². The highest BCUT2D eigenvalue weighted by molar-refractivity contribution is 5.40. The molecule has 2 N–H and O–H groups in total. The quantitative estimate of drug-likeness (QED) is 0.127. The Morgan fingerprint density at radius 1 is 0.860 bits per heavy atom. The molecule has 0 radical (unpaired) electrons. The first kappa shape index (κ1) is 35.9. The first-order valence-electron chi connectivity index (χ1n) is 17.3. The van der Waals surface area contributed by atoms with Gasteiger partial charge in [0.1, 0.15) is 11.2 Å². The minimum Gasteiger partial charge on any atom is -0.393 e. The third kappa shape index (κ3) is 9.45. The lowest BCUT2D eigenvalue weighted by molar-refractivity contribution is 0.0513. The second-order valence-electron chi connectivity index (χ2n) is 16.2. The van der Waals surface area contributed by atoms with E-state index < -0.39 is 0 Å². The molecule has 4 unspecified atom stereocenters. The Labute approximate surface area is 265 Å². The zero-order valence-electron chi connectivity index (χ0n) is 29.3. The summed E-state index contributed by atoms with van der Waals surface area (Å²) in [5, 5.41) is 20.4. The third-order valence-electron chi connectivity index (χ3n) is 10.6. The van der Waals surface area contributed by atoms with Crippen molar-refractivity contribution >= 4 is 0 Å². The summed E-state index contributed by atoms with van der Waals surface area (Å²) in [6.45, 7) is 22.4. The molecular formula is C40H64O3. The van der Waals surface area contributed by atoms with E-state index in [0.717, 1.165) is 38.5 Å². The van der Waals surface area contributed by atoms with Gasteiger partial charge in [0, 0.05) is 28.7 Å². The summed E-state index contributed by atoms with van der Waals surface area (Å²) in [6, 6.07) is 0. The highest BCUT2D eigenvalue weighted by Crippen LogP contribution is 2.66. The Hall–Kier alpha value is -1.60. The maximum atomic E-state index is 10.3. The third-order valence-corrected chi connectivity index (χ3v) is 10.6. The van der Waals surface area contributed by atoms with Gasteiger partial charge in [0.05, 0.1) is 12.2 Å². The van der Waals surface area contributed by atoms with Crippen molar-refractivity contribution in [3.05, 3.63) is 47.6 Å². The van der Waals surface area contributed by atoms with E-state index in [4.69, 9.17) is 4.74 Å². The molecule has 3 aliphatic rings. The normalized spacial score (nSPS) is 32.8. The molecular weight excluding hydrogens is 528 g/mol. The lowest BCUT2D eigenvalue weighted by Crippen LogP contribution is -2.46. The predicted molar refractivity (Wildman–Crippen MR) is 183 cm³/mol. The van der Waals surface area contributed by atoms with Crippen molar-refractivity contribution in [2.45, 2.75) is 157 Å². The molecule has 3 rings (SSSR count). The van der Waals surface area contributed by atoms with Crippen LogP contribution in [0.5, 0.6) is 0 Å². The van der Waals surface area contributed by atoms with Crippen molar-refractivity contribution in [2.75, 3.05) is 0 Å². The van der Waals surface area contributed by atoms with Crippen LogP contribution < -0.4 is 0 Å². The number of aliphatic hydroxyl groups is 2. The fourth-order valence-electron chi connectivity index (χ4n) is 7.98. The molecule has 1 saturated carbocycles. The summed E-state index contributed by atoms with van der Waals surface area (Å²) in [5.41, 5.74) is 1.97. The average molecular weight is 593 g/mol. The lowest BCUT2D eigenvalue weighted by atomic mass is 9.63. The molecule has 2 fully saturated rings. The lowest BCUT2D eigenvalue weighted by Gasteiger charge is -2.39. The number of allylic oxidation sites excluding steroid dienone is 6. The fourth-order valence-corrected chi connectivity index (χ4v) is 7.98. The van der Waals surface area contributed by atoms with E-state index in [0.29, 0.717) is 17.8 Å². The van der Waals surface area contributed by atoms with Crippen LogP contribution in [0.25, 0.3) is 0 Å². The van der Waals surface area contributed by atoms with Crippen LogP contribution in [-0.4, -0.2) is 33.6 Å². The minimum atomic E-state index is -0.255. The van der Waals surface area contributed by atoms with Gasteiger partial charge in [-0.25, -0.2) is 0 Å². The maximum Gasteiger partial charge on any atom is 0.121 e. The Kier molecular flexibility index (Phi) is 12.2. The van der Waals surface area contributed by atoms with E-state index in [-0.39, 0.29) is 40.2 Å². The molecule has 0 aromatic heterocycles. The Morgan fingerprint density at radius 3 is 2.19 bits per heavy atom. The largest absolute Gasteiger partial charge is 0.393 e. The number of epoxide rings is 1. The summed E-state index contributed by atoms with van der Waals surface area (Å²) in [4.78, 5) is 0. The molecule has 0 aromatic carbocycles. The van der Waals surface area contributed by atoms with E-state index in [1.807, 2.05) is 0 Å². The van der Waals surface area contributed by atoms with E-state index in [9.17, 15) is 10.2 Å². The molecule has 3 nitrogen and oxygen atoms in total. The Morgan fingerprint density at radius 2 is 1.53 bits per heavy atom. The number of rotatable bonds is 13. The number of fused-ring (bicyclic) bond motifs is 1.